The van der Waals surface area contributed by atoms with Crippen molar-refractivity contribution in [2.75, 3.05) is 32.1 Å². The third kappa shape index (κ3) is 5.06. The van der Waals surface area contributed by atoms with E-state index in [-0.39, 0.29) is 24.9 Å². The van der Waals surface area contributed by atoms with Crippen LogP contribution in [0.4, 0.5) is 5.69 Å². The first kappa shape index (κ1) is 18.4. The number of carbonyl (C=O) groups is 1. The predicted octanol–water partition coefficient (Wildman–Crippen LogP) is 2.82. The fraction of sp³-hybridized carbons (Fsp3) is 0.412. The zero-order valence-corrected chi connectivity index (χ0v) is 14.4. The molecule has 6 nitrogen and oxygen atoms in total. The molecule has 1 aliphatic rings. The van der Waals surface area contributed by atoms with Crippen LogP contribution >= 0.6 is 12.4 Å². The van der Waals surface area contributed by atoms with Crippen molar-refractivity contribution < 1.29 is 13.9 Å². The van der Waals surface area contributed by atoms with Gasteiger partial charge in [0.15, 0.2) is 11.7 Å². The molecule has 0 radical (unpaired) electrons. The Bertz CT molecular complexity index is 653. The molecule has 1 aromatic carbocycles. The lowest BCUT2D eigenvalue weighted by Crippen LogP contribution is -2.30. The molecule has 0 bridgehead atoms. The van der Waals surface area contributed by atoms with Gasteiger partial charge in [-0.1, -0.05) is 0 Å². The van der Waals surface area contributed by atoms with Crippen LogP contribution in [-0.2, 0) is 9.53 Å². The van der Waals surface area contributed by atoms with Gasteiger partial charge in [-0.2, -0.15) is 0 Å². The van der Waals surface area contributed by atoms with Crippen LogP contribution in [0.3, 0.4) is 0 Å². The summed E-state index contributed by atoms with van der Waals surface area (Å²) in [5, 5.41) is 5.84. The van der Waals surface area contributed by atoms with E-state index in [0.717, 1.165) is 22.9 Å². The molecule has 1 fully saturated rings. The van der Waals surface area contributed by atoms with E-state index in [0.29, 0.717) is 19.1 Å². The van der Waals surface area contributed by atoms with E-state index in [4.69, 9.17) is 9.15 Å². The number of anilines is 1. The highest BCUT2D eigenvalue weighted by atomic mass is 35.5. The van der Waals surface area contributed by atoms with Crippen molar-refractivity contribution in [2.45, 2.75) is 18.8 Å². The van der Waals surface area contributed by atoms with Crippen molar-refractivity contribution in [1.29, 1.82) is 0 Å². The van der Waals surface area contributed by atoms with Gasteiger partial charge in [0.25, 0.3) is 0 Å². The van der Waals surface area contributed by atoms with Crippen LogP contribution in [0.25, 0.3) is 11.3 Å². The largest absolute Gasteiger partial charge is 0.440 e. The second kappa shape index (κ2) is 8.82. The third-order valence-corrected chi connectivity index (χ3v) is 3.67. The maximum Gasteiger partial charge on any atom is 0.238 e. The number of nitrogens with one attached hydrogen (secondary N) is 2. The molecule has 1 aliphatic carbocycles. The van der Waals surface area contributed by atoms with E-state index in [1.165, 1.54) is 12.8 Å². The van der Waals surface area contributed by atoms with Gasteiger partial charge >= 0.3 is 0 Å². The highest BCUT2D eigenvalue weighted by Crippen LogP contribution is 2.40. The molecular weight excluding hydrogens is 330 g/mol. The molecule has 0 aliphatic heterocycles. The van der Waals surface area contributed by atoms with Gasteiger partial charge in [0.05, 0.1) is 19.3 Å². The van der Waals surface area contributed by atoms with E-state index in [1.807, 2.05) is 24.3 Å². The van der Waals surface area contributed by atoms with Crippen LogP contribution in [0.1, 0.15) is 24.7 Å². The molecule has 0 atom stereocenters. The number of carbonyl (C=O) groups excluding carboxylic acids is 1. The number of nitrogens with zero attached hydrogens (tertiary/aromatic N) is 1. The molecule has 0 saturated heterocycles. The monoisotopic (exact) mass is 351 g/mol. The predicted molar refractivity (Wildman–Crippen MR) is 94.5 cm³/mol. The molecule has 1 heterocycles. The summed E-state index contributed by atoms with van der Waals surface area (Å²) in [6, 6.07) is 7.57. The fourth-order valence-electron chi connectivity index (χ4n) is 2.24. The van der Waals surface area contributed by atoms with Gasteiger partial charge in [0, 0.05) is 30.8 Å². The lowest BCUT2D eigenvalue weighted by Gasteiger charge is -2.07. The SMILES string of the molecule is COCCNCC(=O)Nc1ccc(-c2cnc(C3CC3)o2)cc1.Cl. The summed E-state index contributed by atoms with van der Waals surface area (Å²) in [6.45, 7) is 1.50. The van der Waals surface area contributed by atoms with Gasteiger partial charge in [-0.15, -0.1) is 12.4 Å². The van der Waals surface area contributed by atoms with Crippen molar-refractivity contribution >= 4 is 24.0 Å². The zero-order chi connectivity index (χ0) is 16.1. The lowest BCUT2D eigenvalue weighted by atomic mass is 10.2. The summed E-state index contributed by atoms with van der Waals surface area (Å²) < 4.78 is 10.7. The molecule has 2 aromatic rings. The van der Waals surface area contributed by atoms with E-state index < -0.39 is 0 Å². The Morgan fingerprint density at radius 2 is 2.08 bits per heavy atom. The first-order valence-electron chi connectivity index (χ1n) is 7.82. The maximum absolute atomic E-state index is 11.8. The fourth-order valence-corrected chi connectivity index (χ4v) is 2.24. The molecule has 1 saturated carbocycles. The Morgan fingerprint density at radius 3 is 2.75 bits per heavy atom. The zero-order valence-electron chi connectivity index (χ0n) is 13.6. The summed E-state index contributed by atoms with van der Waals surface area (Å²) in [5.41, 5.74) is 1.72. The van der Waals surface area contributed by atoms with Gasteiger partial charge in [-0.3, -0.25) is 4.79 Å². The Hall–Kier alpha value is -1.89. The number of rotatable bonds is 8. The van der Waals surface area contributed by atoms with Crippen molar-refractivity contribution in [1.82, 2.24) is 10.3 Å². The normalized spacial score (nSPS) is 13.4. The minimum atomic E-state index is -0.0791. The van der Waals surface area contributed by atoms with Gasteiger partial charge in [-0.25, -0.2) is 4.98 Å². The highest BCUT2D eigenvalue weighted by molar-refractivity contribution is 5.92. The summed E-state index contributed by atoms with van der Waals surface area (Å²) >= 11 is 0. The van der Waals surface area contributed by atoms with Crippen molar-refractivity contribution in [3.8, 4) is 11.3 Å². The standard InChI is InChI=1S/C17H21N3O3.ClH/c1-22-9-8-18-11-16(21)20-14-6-4-12(5-7-14)15-10-19-17(23-15)13-2-3-13;/h4-7,10,13,18H,2-3,8-9,11H2,1H3,(H,20,21);1H. The van der Waals surface area contributed by atoms with Gasteiger partial charge in [0.1, 0.15) is 0 Å². The number of oxazole rings is 1. The minimum Gasteiger partial charge on any atom is -0.440 e. The third-order valence-electron chi connectivity index (χ3n) is 3.67. The minimum absolute atomic E-state index is 0. The molecule has 1 amide bonds. The molecule has 0 spiro atoms. The van der Waals surface area contributed by atoms with Crippen LogP contribution in [0, 0.1) is 0 Å². The molecular formula is C17H22ClN3O3. The van der Waals surface area contributed by atoms with Crippen LogP contribution in [0.5, 0.6) is 0 Å². The summed E-state index contributed by atoms with van der Waals surface area (Å²) in [5.74, 6) is 2.03. The number of benzene rings is 1. The molecule has 24 heavy (non-hydrogen) atoms. The van der Waals surface area contributed by atoms with Crippen molar-refractivity contribution in [2.24, 2.45) is 0 Å². The number of halogens is 1. The molecule has 7 heteroatoms. The Balaban J connectivity index is 0.00000208. The van der Waals surface area contributed by atoms with E-state index in [1.54, 1.807) is 13.3 Å². The summed E-state index contributed by atoms with van der Waals surface area (Å²) in [7, 11) is 1.63. The first-order chi connectivity index (χ1) is 11.3. The molecule has 130 valence electrons. The average Bonchev–Trinajstić information content (AvgIpc) is 3.30. The number of ether oxygens (including phenoxy) is 1. The number of hydrogen-bond donors (Lipinski definition) is 2. The second-order valence-corrected chi connectivity index (χ2v) is 5.63. The lowest BCUT2D eigenvalue weighted by molar-refractivity contribution is -0.115. The quantitative estimate of drug-likeness (QED) is 0.715. The molecule has 0 unspecified atom stereocenters. The Morgan fingerprint density at radius 1 is 1.33 bits per heavy atom. The Labute approximate surface area is 147 Å². The number of hydrogen-bond acceptors (Lipinski definition) is 5. The van der Waals surface area contributed by atoms with Crippen molar-refractivity contribution in [3.05, 3.63) is 36.4 Å². The van der Waals surface area contributed by atoms with Crippen molar-refractivity contribution in [3.63, 3.8) is 0 Å². The summed E-state index contributed by atoms with van der Waals surface area (Å²) in [6.07, 6.45) is 4.10. The number of aromatic nitrogens is 1. The highest BCUT2D eigenvalue weighted by Gasteiger charge is 2.28. The summed E-state index contributed by atoms with van der Waals surface area (Å²) in [4.78, 5) is 16.1. The van der Waals surface area contributed by atoms with E-state index in [9.17, 15) is 4.79 Å². The van der Waals surface area contributed by atoms with Crippen LogP contribution < -0.4 is 10.6 Å². The smallest absolute Gasteiger partial charge is 0.238 e. The maximum atomic E-state index is 11.8. The van der Waals surface area contributed by atoms with Crippen LogP contribution in [0.2, 0.25) is 0 Å². The first-order valence-corrected chi connectivity index (χ1v) is 7.82. The molecule has 2 N–H and O–H groups in total. The Kier molecular flexibility index (Phi) is 6.78. The number of methoxy groups -OCH3 is 1. The van der Waals surface area contributed by atoms with Crippen LogP contribution in [-0.4, -0.2) is 37.7 Å². The van der Waals surface area contributed by atoms with E-state index in [2.05, 4.69) is 15.6 Å². The van der Waals surface area contributed by atoms with E-state index >= 15 is 0 Å². The topological polar surface area (TPSA) is 76.4 Å². The molecule has 3 rings (SSSR count). The number of amides is 1. The van der Waals surface area contributed by atoms with Gasteiger partial charge < -0.3 is 19.8 Å². The van der Waals surface area contributed by atoms with Gasteiger partial charge in [0.2, 0.25) is 5.91 Å². The van der Waals surface area contributed by atoms with Gasteiger partial charge in [-0.05, 0) is 37.1 Å². The average molecular weight is 352 g/mol. The molecule has 1 aromatic heterocycles. The second-order valence-electron chi connectivity index (χ2n) is 5.63. The van der Waals surface area contributed by atoms with Crippen LogP contribution in [0.15, 0.2) is 34.9 Å².